The molecule has 0 unspecified atom stereocenters. The Morgan fingerprint density at radius 3 is 2.82 bits per heavy atom. The molecular weight excluding hydrogens is 216 g/mol. The van der Waals surface area contributed by atoms with E-state index in [2.05, 4.69) is 15.1 Å². The summed E-state index contributed by atoms with van der Waals surface area (Å²) in [6.07, 6.45) is 5.03. The molecular formula is C12H10N4O. The minimum Gasteiger partial charge on any atom is -0.506 e. The second-order valence-corrected chi connectivity index (χ2v) is 3.83. The van der Waals surface area contributed by atoms with E-state index >= 15 is 0 Å². The Morgan fingerprint density at radius 2 is 2.06 bits per heavy atom. The van der Waals surface area contributed by atoms with Gasteiger partial charge in [0.05, 0.1) is 17.6 Å². The smallest absolute Gasteiger partial charge is 0.155 e. The Kier molecular flexibility index (Phi) is 2.04. The molecule has 0 bridgehead atoms. The number of nitrogens with zero attached hydrogens (tertiary/aromatic N) is 4. The Hall–Kier alpha value is -2.43. The van der Waals surface area contributed by atoms with Crippen molar-refractivity contribution in [3.8, 4) is 17.0 Å². The van der Waals surface area contributed by atoms with Gasteiger partial charge >= 0.3 is 0 Å². The Balaban J connectivity index is 2.13. The molecule has 0 atom stereocenters. The first-order valence-electron chi connectivity index (χ1n) is 5.20. The van der Waals surface area contributed by atoms with E-state index in [0.717, 1.165) is 22.6 Å². The van der Waals surface area contributed by atoms with E-state index < -0.39 is 0 Å². The van der Waals surface area contributed by atoms with Crippen LogP contribution in [0.4, 0.5) is 0 Å². The van der Waals surface area contributed by atoms with Crippen molar-refractivity contribution in [1.82, 2.24) is 19.6 Å². The molecule has 0 aliphatic carbocycles. The first kappa shape index (κ1) is 9.77. The number of aryl methyl sites for hydroxylation is 1. The average molecular weight is 226 g/mol. The molecule has 0 aliphatic rings. The summed E-state index contributed by atoms with van der Waals surface area (Å²) in [5.41, 5.74) is 3.35. The highest BCUT2D eigenvalue weighted by atomic mass is 16.3. The summed E-state index contributed by atoms with van der Waals surface area (Å²) in [7, 11) is 0. The summed E-state index contributed by atoms with van der Waals surface area (Å²) in [4.78, 5) is 8.43. The van der Waals surface area contributed by atoms with Gasteiger partial charge in [-0.2, -0.15) is 5.10 Å². The molecule has 84 valence electrons. The van der Waals surface area contributed by atoms with Crippen LogP contribution in [0.15, 0.2) is 36.8 Å². The normalized spacial score (nSPS) is 10.9. The van der Waals surface area contributed by atoms with Gasteiger partial charge in [-0.3, -0.25) is 4.98 Å². The van der Waals surface area contributed by atoms with Crippen molar-refractivity contribution in [2.75, 3.05) is 0 Å². The molecule has 3 aromatic rings. The van der Waals surface area contributed by atoms with Crippen LogP contribution >= 0.6 is 0 Å². The van der Waals surface area contributed by atoms with Gasteiger partial charge in [0.1, 0.15) is 5.75 Å². The van der Waals surface area contributed by atoms with Gasteiger partial charge in [-0.1, -0.05) is 0 Å². The van der Waals surface area contributed by atoms with Gasteiger partial charge in [-0.25, -0.2) is 9.50 Å². The zero-order valence-electron chi connectivity index (χ0n) is 9.20. The third-order valence-electron chi connectivity index (χ3n) is 2.48. The Bertz CT molecular complexity index is 673. The van der Waals surface area contributed by atoms with Crippen LogP contribution in [0.2, 0.25) is 0 Å². The molecule has 0 aliphatic heterocycles. The summed E-state index contributed by atoms with van der Waals surface area (Å²) in [6.45, 7) is 1.92. The fourth-order valence-corrected chi connectivity index (χ4v) is 1.68. The maximum atomic E-state index is 9.18. The maximum absolute atomic E-state index is 9.18. The van der Waals surface area contributed by atoms with Crippen molar-refractivity contribution < 1.29 is 5.11 Å². The lowest BCUT2D eigenvalue weighted by Crippen LogP contribution is -1.92. The molecule has 0 aromatic carbocycles. The lowest BCUT2D eigenvalue weighted by molar-refractivity contribution is 0.473. The van der Waals surface area contributed by atoms with Crippen LogP contribution in [-0.4, -0.2) is 24.7 Å². The van der Waals surface area contributed by atoms with E-state index in [1.807, 2.05) is 19.2 Å². The predicted molar refractivity (Wildman–Crippen MR) is 62.6 cm³/mol. The highest BCUT2D eigenvalue weighted by Gasteiger charge is 2.03. The van der Waals surface area contributed by atoms with E-state index in [0.29, 0.717) is 0 Å². The van der Waals surface area contributed by atoms with E-state index in [9.17, 15) is 5.11 Å². The fraction of sp³-hybridized carbons (Fsp3) is 0.0833. The van der Waals surface area contributed by atoms with Crippen molar-refractivity contribution in [2.24, 2.45) is 0 Å². The topological polar surface area (TPSA) is 63.3 Å². The standard InChI is InChI=1S/C12H10N4O/c1-8-4-12-14-5-9(7-16(12)15-8)11-3-2-10(17)6-13-11/h2-7,17H,1H3. The zero-order valence-corrected chi connectivity index (χ0v) is 9.20. The van der Waals surface area contributed by atoms with Crippen LogP contribution in [0.3, 0.4) is 0 Å². The molecule has 0 amide bonds. The van der Waals surface area contributed by atoms with Crippen molar-refractivity contribution in [3.05, 3.63) is 42.5 Å². The van der Waals surface area contributed by atoms with E-state index in [1.165, 1.54) is 6.20 Å². The monoisotopic (exact) mass is 226 g/mol. The highest BCUT2D eigenvalue weighted by molar-refractivity contribution is 5.59. The lowest BCUT2D eigenvalue weighted by Gasteiger charge is -2.00. The minimum absolute atomic E-state index is 0.151. The lowest BCUT2D eigenvalue weighted by atomic mass is 10.2. The van der Waals surface area contributed by atoms with Crippen molar-refractivity contribution >= 4 is 5.65 Å². The van der Waals surface area contributed by atoms with Crippen LogP contribution in [0.5, 0.6) is 5.75 Å². The number of hydrogen-bond donors (Lipinski definition) is 1. The summed E-state index contributed by atoms with van der Waals surface area (Å²) in [5.74, 6) is 0.151. The van der Waals surface area contributed by atoms with E-state index in [4.69, 9.17) is 0 Å². The molecule has 5 nitrogen and oxygen atoms in total. The quantitative estimate of drug-likeness (QED) is 0.687. The molecule has 0 saturated carbocycles. The number of rotatable bonds is 1. The first-order chi connectivity index (χ1) is 8.22. The second kappa shape index (κ2) is 3.55. The number of hydrogen-bond acceptors (Lipinski definition) is 4. The number of fused-ring (bicyclic) bond motifs is 1. The molecule has 3 rings (SSSR count). The van der Waals surface area contributed by atoms with E-state index in [-0.39, 0.29) is 5.75 Å². The summed E-state index contributed by atoms with van der Waals surface area (Å²) < 4.78 is 1.72. The molecule has 3 heterocycles. The molecule has 3 aromatic heterocycles. The van der Waals surface area contributed by atoms with Gasteiger partial charge < -0.3 is 5.11 Å². The van der Waals surface area contributed by atoms with Gasteiger partial charge in [0.25, 0.3) is 0 Å². The molecule has 1 N–H and O–H groups in total. The Labute approximate surface area is 97.4 Å². The van der Waals surface area contributed by atoms with Gasteiger partial charge in [-0.05, 0) is 19.1 Å². The predicted octanol–water partition coefficient (Wildman–Crippen LogP) is 1.81. The SMILES string of the molecule is Cc1cc2ncc(-c3ccc(O)cn3)cn2n1. The molecule has 0 saturated heterocycles. The van der Waals surface area contributed by atoms with E-state index in [1.54, 1.807) is 22.8 Å². The van der Waals surface area contributed by atoms with Gasteiger partial charge in [0, 0.05) is 24.0 Å². The van der Waals surface area contributed by atoms with Crippen LogP contribution in [0, 0.1) is 6.92 Å². The Morgan fingerprint density at radius 1 is 1.18 bits per heavy atom. The molecule has 17 heavy (non-hydrogen) atoms. The minimum atomic E-state index is 0.151. The van der Waals surface area contributed by atoms with Crippen molar-refractivity contribution in [1.29, 1.82) is 0 Å². The van der Waals surface area contributed by atoms with Gasteiger partial charge in [0.15, 0.2) is 5.65 Å². The third-order valence-corrected chi connectivity index (χ3v) is 2.48. The summed E-state index contributed by atoms with van der Waals surface area (Å²) in [6, 6.07) is 5.25. The van der Waals surface area contributed by atoms with Crippen molar-refractivity contribution in [2.45, 2.75) is 6.92 Å². The number of pyridine rings is 1. The van der Waals surface area contributed by atoms with Gasteiger partial charge in [-0.15, -0.1) is 0 Å². The average Bonchev–Trinajstić information content (AvgIpc) is 2.69. The fourth-order valence-electron chi connectivity index (χ4n) is 1.68. The van der Waals surface area contributed by atoms with Crippen molar-refractivity contribution in [3.63, 3.8) is 0 Å². The summed E-state index contributed by atoms with van der Waals surface area (Å²) in [5, 5.41) is 13.5. The molecule has 0 spiro atoms. The zero-order chi connectivity index (χ0) is 11.8. The molecule has 0 fully saturated rings. The van der Waals surface area contributed by atoms with Crippen LogP contribution in [-0.2, 0) is 0 Å². The van der Waals surface area contributed by atoms with Crippen LogP contribution < -0.4 is 0 Å². The van der Waals surface area contributed by atoms with Gasteiger partial charge in [0.2, 0.25) is 0 Å². The largest absolute Gasteiger partial charge is 0.506 e. The highest BCUT2D eigenvalue weighted by Crippen LogP contribution is 2.18. The van der Waals surface area contributed by atoms with Crippen LogP contribution in [0.1, 0.15) is 5.69 Å². The first-order valence-corrected chi connectivity index (χ1v) is 5.20. The number of aromatic hydroxyl groups is 1. The molecule has 0 radical (unpaired) electrons. The number of aromatic nitrogens is 4. The van der Waals surface area contributed by atoms with Crippen LogP contribution in [0.25, 0.3) is 16.9 Å². The molecule has 5 heteroatoms. The second-order valence-electron chi connectivity index (χ2n) is 3.83. The third kappa shape index (κ3) is 1.71. The maximum Gasteiger partial charge on any atom is 0.155 e. The summed E-state index contributed by atoms with van der Waals surface area (Å²) >= 11 is 0.